The van der Waals surface area contributed by atoms with Crippen LogP contribution in [0.3, 0.4) is 0 Å². The SMILES string of the molecule is COc1cccc2c1C(=O)c1c(O)c3c(c(O)c1C2=O)C[C@@](O)(C(=O)COC(=O)CCc1ccc(O[C@@H]2O[C@H](C(=O)O)[C@@H](O)[C@H](O)[C@H]2O)cc1)C[C@@H]3O[C@H]1C[C@H]2[C@H](O[C@@H]3[C@@H](OC)OCCN32)[C@H](C)O1. The van der Waals surface area contributed by atoms with Gasteiger partial charge in [0.05, 0.1) is 42.6 Å². The van der Waals surface area contributed by atoms with Crippen molar-refractivity contribution in [2.75, 3.05) is 34.0 Å². The molecule has 0 amide bonds. The predicted octanol–water partition coefficient (Wildman–Crippen LogP) is 0.166. The molecule has 0 radical (unpaired) electrons. The van der Waals surface area contributed by atoms with Crippen molar-refractivity contribution >= 4 is 29.3 Å². The van der Waals surface area contributed by atoms with Gasteiger partial charge in [0.1, 0.15) is 53.0 Å². The largest absolute Gasteiger partial charge is 0.507 e. The molecular weight excluding hydrogens is 915 g/mol. The molecule has 4 aliphatic heterocycles. The average molecular weight is 966 g/mol. The molecular formula is C47H51NO21. The van der Waals surface area contributed by atoms with Gasteiger partial charge in [-0.2, -0.15) is 0 Å². The lowest BCUT2D eigenvalue weighted by atomic mass is 9.72. The molecule has 7 N–H and O–H groups in total. The number of aromatic hydroxyl groups is 2. The van der Waals surface area contributed by atoms with Crippen LogP contribution in [0.15, 0.2) is 42.5 Å². The van der Waals surface area contributed by atoms with E-state index < -0.39 is 145 Å². The lowest BCUT2D eigenvalue weighted by molar-refractivity contribution is -0.271. The zero-order valence-electron chi connectivity index (χ0n) is 37.4. The number of carboxylic acid groups (broad SMARTS) is 1. The molecule has 3 aromatic carbocycles. The van der Waals surface area contributed by atoms with Gasteiger partial charge in [-0.3, -0.25) is 24.1 Å². The number of esters is 1. The molecule has 9 rings (SSSR count). The van der Waals surface area contributed by atoms with Gasteiger partial charge in [-0.1, -0.05) is 24.3 Å². The summed E-state index contributed by atoms with van der Waals surface area (Å²) < 4.78 is 51.8. The number of fused-ring (bicyclic) bond motifs is 6. The number of Topliss-reactive ketones (excluding diaryl/α,β-unsaturated/α-hetero) is 1. The number of carbonyl (C=O) groups is 5. The number of nitrogens with zero attached hydrogens (tertiary/aromatic N) is 1. The summed E-state index contributed by atoms with van der Waals surface area (Å²) in [6.07, 6.45) is -14.9. The lowest BCUT2D eigenvalue weighted by Crippen LogP contribution is -2.61. The van der Waals surface area contributed by atoms with E-state index in [1.165, 1.54) is 44.6 Å². The number of aryl methyl sites for hydroxylation is 1. The van der Waals surface area contributed by atoms with Crippen molar-refractivity contribution in [1.29, 1.82) is 0 Å². The van der Waals surface area contributed by atoms with Crippen LogP contribution in [0, 0.1) is 0 Å². The Labute approximate surface area is 392 Å². The Morgan fingerprint density at radius 3 is 2.33 bits per heavy atom. The van der Waals surface area contributed by atoms with Gasteiger partial charge < -0.3 is 78.4 Å². The van der Waals surface area contributed by atoms with E-state index in [1.807, 2.05) is 0 Å². The second-order valence-corrected chi connectivity index (χ2v) is 17.8. The Morgan fingerprint density at radius 1 is 0.884 bits per heavy atom. The second kappa shape index (κ2) is 18.9. The summed E-state index contributed by atoms with van der Waals surface area (Å²) in [6, 6.07) is 10.0. The van der Waals surface area contributed by atoms with Crippen LogP contribution in [0.4, 0.5) is 0 Å². The molecule has 6 aliphatic rings. The molecule has 4 heterocycles. The molecule has 0 unspecified atom stereocenters. The number of phenols is 2. The number of hydrogen-bond acceptors (Lipinski definition) is 21. The topological polar surface area (TPSA) is 313 Å². The maximum atomic E-state index is 14.2. The summed E-state index contributed by atoms with van der Waals surface area (Å²) in [7, 11) is 2.82. The van der Waals surface area contributed by atoms with Crippen molar-refractivity contribution in [3.8, 4) is 23.0 Å². The van der Waals surface area contributed by atoms with Crippen LogP contribution < -0.4 is 9.47 Å². The number of carboxylic acids is 1. The third-order valence-corrected chi connectivity index (χ3v) is 13.7. The number of phenolic OH excluding ortho intramolecular Hbond substituents is 2. The van der Waals surface area contributed by atoms with E-state index in [0.29, 0.717) is 18.7 Å². The highest BCUT2D eigenvalue weighted by Crippen LogP contribution is 2.53. The standard InChI is InChI=1S/C47H51NO21/c1-19-41-24(48-13-14-63-46(62-3)43(48)68-41)15-29(65-19)67-26-17-47(60,16-23-31(26)37(54)33-32(35(23)52)34(51)22-5-4-6-25(61-2)30(22)36(33)53)27(49)18-64-28(50)12-9-20-7-10-21(11-8-20)66-45-40(57)38(55)39(56)42(69-45)44(58)59/h4-8,10-11,19,24,26,29,38-43,45-46,52,54-57,60H,9,12-18H2,1-3H3,(H,58,59)/t19-,24-,26-,29-,38-,39-,40+,41+,42-,43+,45+,46-,47-/m0/s1. The molecule has 0 spiro atoms. The zero-order valence-corrected chi connectivity index (χ0v) is 37.4. The van der Waals surface area contributed by atoms with E-state index in [-0.39, 0.29) is 59.1 Å². The Kier molecular flexibility index (Phi) is 13.3. The third-order valence-electron chi connectivity index (χ3n) is 13.7. The van der Waals surface area contributed by atoms with Crippen LogP contribution in [-0.2, 0) is 60.4 Å². The van der Waals surface area contributed by atoms with Crippen LogP contribution in [0.1, 0.15) is 80.8 Å². The molecule has 69 heavy (non-hydrogen) atoms. The molecule has 370 valence electrons. The molecule has 3 aromatic rings. The Morgan fingerprint density at radius 2 is 1.62 bits per heavy atom. The van der Waals surface area contributed by atoms with E-state index in [2.05, 4.69) is 4.90 Å². The number of ketones is 3. The number of carbonyl (C=O) groups excluding carboxylic acids is 4. The highest BCUT2D eigenvalue weighted by molar-refractivity contribution is 6.31. The molecule has 0 saturated carbocycles. The molecule has 0 aromatic heterocycles. The van der Waals surface area contributed by atoms with Gasteiger partial charge >= 0.3 is 11.9 Å². The summed E-state index contributed by atoms with van der Waals surface area (Å²) in [4.78, 5) is 68.9. The summed E-state index contributed by atoms with van der Waals surface area (Å²) >= 11 is 0. The molecule has 22 heteroatoms. The van der Waals surface area contributed by atoms with Crippen molar-refractivity contribution in [3.63, 3.8) is 0 Å². The van der Waals surface area contributed by atoms with E-state index in [9.17, 15) is 59.7 Å². The average Bonchev–Trinajstić information content (AvgIpc) is 3.72. The maximum absolute atomic E-state index is 14.2. The first-order valence-electron chi connectivity index (χ1n) is 22.3. The quantitative estimate of drug-likeness (QED) is 0.0694. The number of morpholine rings is 1. The summed E-state index contributed by atoms with van der Waals surface area (Å²) in [5, 5.41) is 75.9. The van der Waals surface area contributed by atoms with Gasteiger partial charge in [-0.15, -0.1) is 0 Å². The molecule has 0 bridgehead atoms. The highest BCUT2D eigenvalue weighted by Gasteiger charge is 2.56. The van der Waals surface area contributed by atoms with Gasteiger partial charge in [0, 0.05) is 62.1 Å². The number of rotatable bonds is 13. The van der Waals surface area contributed by atoms with E-state index in [0.717, 1.165) is 0 Å². The van der Waals surface area contributed by atoms with Gasteiger partial charge in [-0.25, -0.2) is 4.79 Å². The molecule has 22 nitrogen and oxygen atoms in total. The molecule has 4 fully saturated rings. The van der Waals surface area contributed by atoms with Crippen molar-refractivity contribution < 1.29 is 102 Å². The van der Waals surface area contributed by atoms with Gasteiger partial charge in [0.15, 0.2) is 37.3 Å². The van der Waals surface area contributed by atoms with Crippen molar-refractivity contribution in [2.24, 2.45) is 0 Å². The third kappa shape index (κ3) is 8.62. The number of aliphatic carboxylic acids is 1. The van der Waals surface area contributed by atoms with E-state index >= 15 is 0 Å². The van der Waals surface area contributed by atoms with Gasteiger partial charge in [0.25, 0.3) is 0 Å². The number of aliphatic hydroxyl groups excluding tert-OH is 3. The fourth-order valence-corrected chi connectivity index (χ4v) is 10.2. The van der Waals surface area contributed by atoms with Crippen LogP contribution in [-0.4, -0.2) is 177 Å². The van der Waals surface area contributed by atoms with Gasteiger partial charge in [0.2, 0.25) is 17.9 Å². The van der Waals surface area contributed by atoms with Gasteiger partial charge in [-0.05, 0) is 37.1 Å². The minimum atomic E-state index is -2.43. The molecule has 4 saturated heterocycles. The molecule has 2 aliphatic carbocycles. The fourth-order valence-electron chi connectivity index (χ4n) is 10.2. The molecule has 13 atom stereocenters. The minimum absolute atomic E-state index is 0.0589. The Balaban J connectivity index is 0.925. The van der Waals surface area contributed by atoms with Crippen LogP contribution in [0.5, 0.6) is 23.0 Å². The number of methoxy groups -OCH3 is 2. The van der Waals surface area contributed by atoms with Crippen LogP contribution in [0.2, 0.25) is 0 Å². The summed E-state index contributed by atoms with van der Waals surface area (Å²) in [6.45, 7) is 1.73. The zero-order chi connectivity index (χ0) is 49.2. The van der Waals surface area contributed by atoms with Crippen molar-refractivity contribution in [2.45, 2.75) is 118 Å². The first-order chi connectivity index (χ1) is 32.9. The van der Waals surface area contributed by atoms with Crippen molar-refractivity contribution in [3.05, 3.63) is 81.4 Å². The number of aliphatic hydroxyl groups is 4. The predicted molar refractivity (Wildman–Crippen MR) is 227 cm³/mol. The highest BCUT2D eigenvalue weighted by atomic mass is 16.7. The first kappa shape index (κ1) is 48.4. The van der Waals surface area contributed by atoms with Crippen LogP contribution >= 0.6 is 0 Å². The number of benzene rings is 3. The monoisotopic (exact) mass is 965 g/mol. The normalized spacial score (nSPS) is 32.7. The first-order valence-corrected chi connectivity index (χ1v) is 22.3. The van der Waals surface area contributed by atoms with E-state index in [1.54, 1.807) is 19.1 Å². The fraction of sp³-hybridized carbons (Fsp3) is 0.511. The maximum Gasteiger partial charge on any atom is 0.335 e. The minimum Gasteiger partial charge on any atom is -0.507 e. The number of hydrogen-bond donors (Lipinski definition) is 7. The van der Waals surface area contributed by atoms with Crippen molar-refractivity contribution in [1.82, 2.24) is 4.90 Å². The lowest BCUT2D eigenvalue weighted by Gasteiger charge is -2.43. The smallest absolute Gasteiger partial charge is 0.335 e. The summed E-state index contributed by atoms with van der Waals surface area (Å²) in [5.41, 5.74) is -3.51. The second-order valence-electron chi connectivity index (χ2n) is 17.8. The summed E-state index contributed by atoms with van der Waals surface area (Å²) in [5.74, 6) is -6.33. The Hall–Kier alpha value is -5.63. The number of ether oxygens (including phenoxy) is 9. The van der Waals surface area contributed by atoms with Crippen LogP contribution in [0.25, 0.3) is 0 Å². The Bertz CT molecular complexity index is 2530. The van der Waals surface area contributed by atoms with E-state index in [4.69, 9.17) is 42.6 Å².